The van der Waals surface area contributed by atoms with E-state index in [1.54, 1.807) is 0 Å². The molecular weight excluding hydrogens is 320 g/mol. The molecule has 7 nitrogen and oxygen atoms in total. The summed E-state index contributed by atoms with van der Waals surface area (Å²) in [5.41, 5.74) is 5.67. The minimum absolute atomic E-state index is 0.0337. The lowest BCUT2D eigenvalue weighted by Crippen LogP contribution is -2.40. The highest BCUT2D eigenvalue weighted by molar-refractivity contribution is 7.89. The SMILES string of the molecule is CCCCC(CN)NS(=O)(=O)c1ccc(OC)c(C(=O)OC)c1. The largest absolute Gasteiger partial charge is 0.496 e. The number of benzene rings is 1. The van der Waals surface area contributed by atoms with Crippen molar-refractivity contribution in [2.45, 2.75) is 37.1 Å². The molecule has 0 saturated heterocycles. The first-order chi connectivity index (χ1) is 10.9. The Kier molecular flexibility index (Phi) is 7.47. The monoisotopic (exact) mass is 344 g/mol. The maximum Gasteiger partial charge on any atom is 0.341 e. The second kappa shape index (κ2) is 8.85. The molecule has 0 aliphatic carbocycles. The number of hydrogen-bond donors (Lipinski definition) is 2. The van der Waals surface area contributed by atoms with Crippen molar-refractivity contribution in [1.29, 1.82) is 0 Å². The van der Waals surface area contributed by atoms with E-state index < -0.39 is 16.0 Å². The standard InChI is InChI=1S/C15H24N2O5S/c1-4-5-6-11(10-16)17-23(19,20)12-7-8-14(21-2)13(9-12)15(18)22-3/h7-9,11,17H,4-6,10,16H2,1-3H3. The van der Waals surface area contributed by atoms with Crippen molar-refractivity contribution in [1.82, 2.24) is 4.72 Å². The molecule has 23 heavy (non-hydrogen) atoms. The molecule has 1 rings (SSSR count). The number of nitrogens with two attached hydrogens (primary N) is 1. The van der Waals surface area contributed by atoms with E-state index in [1.165, 1.54) is 32.4 Å². The fourth-order valence-corrected chi connectivity index (χ4v) is 3.40. The van der Waals surface area contributed by atoms with Gasteiger partial charge in [0.1, 0.15) is 11.3 Å². The lowest BCUT2D eigenvalue weighted by atomic mass is 10.1. The molecule has 0 amide bonds. The Labute approximate surface area is 137 Å². The first-order valence-corrected chi connectivity index (χ1v) is 8.86. The van der Waals surface area contributed by atoms with E-state index in [9.17, 15) is 13.2 Å². The van der Waals surface area contributed by atoms with Crippen LogP contribution >= 0.6 is 0 Å². The number of esters is 1. The lowest BCUT2D eigenvalue weighted by Gasteiger charge is -2.17. The van der Waals surface area contributed by atoms with E-state index in [0.29, 0.717) is 6.42 Å². The van der Waals surface area contributed by atoms with E-state index in [-0.39, 0.29) is 28.8 Å². The third-order valence-corrected chi connectivity index (χ3v) is 4.92. The third kappa shape index (κ3) is 5.19. The van der Waals surface area contributed by atoms with Crippen LogP contribution in [-0.2, 0) is 14.8 Å². The quantitative estimate of drug-likeness (QED) is 0.653. The first-order valence-electron chi connectivity index (χ1n) is 7.38. The summed E-state index contributed by atoms with van der Waals surface area (Å²) in [7, 11) is -1.17. The number of nitrogens with one attached hydrogen (secondary N) is 1. The number of ether oxygens (including phenoxy) is 2. The maximum atomic E-state index is 12.5. The highest BCUT2D eigenvalue weighted by Gasteiger charge is 2.22. The summed E-state index contributed by atoms with van der Waals surface area (Å²) < 4.78 is 37.2. The molecule has 0 radical (unpaired) electrons. The molecule has 0 aliphatic heterocycles. The predicted molar refractivity (Wildman–Crippen MR) is 87.0 cm³/mol. The first kappa shape index (κ1) is 19.4. The van der Waals surface area contributed by atoms with Gasteiger partial charge >= 0.3 is 5.97 Å². The Hall–Kier alpha value is -1.64. The number of methoxy groups -OCH3 is 2. The van der Waals surface area contributed by atoms with Gasteiger partial charge < -0.3 is 15.2 Å². The summed E-state index contributed by atoms with van der Waals surface area (Å²) in [4.78, 5) is 11.7. The topological polar surface area (TPSA) is 108 Å². The zero-order valence-corrected chi connectivity index (χ0v) is 14.5. The minimum atomic E-state index is -3.78. The van der Waals surface area contributed by atoms with Gasteiger partial charge in [0.25, 0.3) is 0 Å². The van der Waals surface area contributed by atoms with Crippen LogP contribution in [-0.4, -0.2) is 41.2 Å². The second-order valence-corrected chi connectivity index (χ2v) is 6.76. The van der Waals surface area contributed by atoms with Crippen molar-refractivity contribution in [2.75, 3.05) is 20.8 Å². The van der Waals surface area contributed by atoms with Crippen LogP contribution < -0.4 is 15.2 Å². The second-order valence-electron chi connectivity index (χ2n) is 5.05. The van der Waals surface area contributed by atoms with E-state index in [4.69, 9.17) is 10.5 Å². The van der Waals surface area contributed by atoms with Crippen LogP contribution in [0.5, 0.6) is 5.75 Å². The Morgan fingerprint density at radius 3 is 2.57 bits per heavy atom. The normalized spacial score (nSPS) is 12.7. The molecule has 0 fully saturated rings. The average molecular weight is 344 g/mol. The van der Waals surface area contributed by atoms with Gasteiger partial charge in [0, 0.05) is 12.6 Å². The van der Waals surface area contributed by atoms with Gasteiger partial charge in [-0.1, -0.05) is 19.8 Å². The van der Waals surface area contributed by atoms with Crippen molar-refractivity contribution >= 4 is 16.0 Å². The number of unbranched alkanes of at least 4 members (excludes halogenated alkanes) is 1. The molecular formula is C15H24N2O5S. The zero-order valence-electron chi connectivity index (χ0n) is 13.7. The Bertz CT molecular complexity index is 631. The number of carbonyl (C=O) groups excluding carboxylic acids is 1. The molecule has 0 heterocycles. The molecule has 0 bridgehead atoms. The van der Waals surface area contributed by atoms with Gasteiger partial charge in [-0.15, -0.1) is 0 Å². The van der Waals surface area contributed by atoms with Gasteiger partial charge in [-0.05, 0) is 24.6 Å². The van der Waals surface area contributed by atoms with Crippen LogP contribution in [0.3, 0.4) is 0 Å². The number of carbonyl (C=O) groups is 1. The van der Waals surface area contributed by atoms with Gasteiger partial charge in [0.15, 0.2) is 0 Å². The van der Waals surface area contributed by atoms with E-state index in [1.807, 2.05) is 6.92 Å². The molecule has 0 spiro atoms. The molecule has 3 N–H and O–H groups in total. The molecule has 0 aliphatic rings. The lowest BCUT2D eigenvalue weighted by molar-refractivity contribution is 0.0597. The van der Waals surface area contributed by atoms with Crippen molar-refractivity contribution in [2.24, 2.45) is 5.73 Å². The van der Waals surface area contributed by atoms with Crippen LogP contribution in [0.4, 0.5) is 0 Å². The summed E-state index contributed by atoms with van der Waals surface area (Å²) in [6.45, 7) is 2.23. The van der Waals surface area contributed by atoms with Crippen molar-refractivity contribution < 1.29 is 22.7 Å². The molecule has 0 saturated carbocycles. The van der Waals surface area contributed by atoms with E-state index >= 15 is 0 Å². The van der Waals surface area contributed by atoms with Crippen LogP contribution in [0, 0.1) is 0 Å². The molecule has 0 aromatic heterocycles. The average Bonchev–Trinajstić information content (AvgIpc) is 2.56. The number of rotatable bonds is 9. The zero-order chi connectivity index (χ0) is 17.5. The van der Waals surface area contributed by atoms with Gasteiger partial charge in [-0.2, -0.15) is 0 Å². The minimum Gasteiger partial charge on any atom is -0.496 e. The molecule has 8 heteroatoms. The summed E-state index contributed by atoms with van der Waals surface area (Å²) in [6.07, 6.45) is 2.49. The third-order valence-electron chi connectivity index (χ3n) is 3.40. The van der Waals surface area contributed by atoms with Gasteiger partial charge in [-0.3, -0.25) is 0 Å². The maximum absolute atomic E-state index is 12.5. The smallest absolute Gasteiger partial charge is 0.341 e. The van der Waals surface area contributed by atoms with Crippen molar-refractivity contribution in [3.8, 4) is 5.75 Å². The van der Waals surface area contributed by atoms with Gasteiger partial charge in [0.2, 0.25) is 10.0 Å². The summed E-state index contributed by atoms with van der Waals surface area (Å²) in [6, 6.07) is 3.69. The fourth-order valence-electron chi connectivity index (χ4n) is 2.09. The van der Waals surface area contributed by atoms with Gasteiger partial charge in [-0.25, -0.2) is 17.9 Å². The number of hydrogen-bond acceptors (Lipinski definition) is 6. The fraction of sp³-hybridized carbons (Fsp3) is 0.533. The van der Waals surface area contributed by atoms with Crippen LogP contribution in [0.1, 0.15) is 36.5 Å². The molecule has 1 aromatic carbocycles. The summed E-state index contributed by atoms with van der Waals surface area (Å²) >= 11 is 0. The molecule has 1 aromatic rings. The van der Waals surface area contributed by atoms with Crippen molar-refractivity contribution in [3.63, 3.8) is 0 Å². The Morgan fingerprint density at radius 2 is 2.04 bits per heavy atom. The van der Waals surface area contributed by atoms with Crippen LogP contribution in [0.15, 0.2) is 23.1 Å². The summed E-state index contributed by atoms with van der Waals surface area (Å²) in [5, 5.41) is 0. The summed E-state index contributed by atoms with van der Waals surface area (Å²) in [5.74, 6) is -0.419. The van der Waals surface area contributed by atoms with Crippen LogP contribution in [0.2, 0.25) is 0 Å². The predicted octanol–water partition coefficient (Wildman–Crippen LogP) is 1.28. The Morgan fingerprint density at radius 1 is 1.35 bits per heavy atom. The highest BCUT2D eigenvalue weighted by Crippen LogP contribution is 2.23. The molecule has 1 unspecified atom stereocenters. The van der Waals surface area contributed by atoms with Gasteiger partial charge in [0.05, 0.1) is 19.1 Å². The van der Waals surface area contributed by atoms with E-state index in [2.05, 4.69) is 9.46 Å². The highest BCUT2D eigenvalue weighted by atomic mass is 32.2. The number of sulfonamides is 1. The van der Waals surface area contributed by atoms with E-state index in [0.717, 1.165) is 12.8 Å². The van der Waals surface area contributed by atoms with Crippen LogP contribution in [0.25, 0.3) is 0 Å². The Balaban J connectivity index is 3.10. The molecule has 1 atom stereocenters. The molecule has 130 valence electrons. The van der Waals surface area contributed by atoms with Crippen molar-refractivity contribution in [3.05, 3.63) is 23.8 Å².